The maximum absolute atomic E-state index is 12.0. The van der Waals surface area contributed by atoms with E-state index < -0.39 is 0 Å². The molecule has 4 N–H and O–H groups in total. The highest BCUT2D eigenvalue weighted by Crippen LogP contribution is 2.33. The van der Waals surface area contributed by atoms with Crippen molar-refractivity contribution in [3.8, 4) is 5.75 Å². The monoisotopic (exact) mass is 349 g/mol. The molecular weight excluding hydrogens is 326 g/mol. The molecule has 1 aromatic rings. The van der Waals surface area contributed by atoms with Crippen LogP contribution in [0.15, 0.2) is 18.2 Å². The van der Waals surface area contributed by atoms with Crippen LogP contribution < -0.4 is 16.0 Å². The first-order valence-corrected chi connectivity index (χ1v) is 9.36. The molecule has 0 aliphatic carbocycles. The van der Waals surface area contributed by atoms with Gasteiger partial charge in [0.2, 0.25) is 5.91 Å². The van der Waals surface area contributed by atoms with Crippen LogP contribution in [0.1, 0.15) is 31.2 Å². The number of urea groups is 1. The molecule has 2 fully saturated rings. The van der Waals surface area contributed by atoms with Gasteiger partial charge in [0.1, 0.15) is 5.75 Å². The molecule has 2 saturated heterocycles. The van der Waals surface area contributed by atoms with Crippen LogP contribution in [0.3, 0.4) is 0 Å². The van der Waals surface area contributed by atoms with E-state index in [0.717, 1.165) is 30.6 Å². The second-order valence-corrected chi connectivity index (χ2v) is 7.66. The number of phenols is 1. The summed E-state index contributed by atoms with van der Waals surface area (Å²) in [4.78, 5) is 23.3. The Bertz CT molecular complexity index is 638. The molecular formula is C17H23N3O3S. The molecule has 0 bridgehead atoms. The normalized spacial score (nSPS) is 25.0. The van der Waals surface area contributed by atoms with Gasteiger partial charge in [-0.3, -0.25) is 4.79 Å². The van der Waals surface area contributed by atoms with Crippen molar-refractivity contribution >= 4 is 29.4 Å². The molecule has 2 heterocycles. The summed E-state index contributed by atoms with van der Waals surface area (Å²) in [7, 11) is 0. The molecule has 3 rings (SSSR count). The molecule has 3 amide bonds. The number of unbranched alkanes of at least 4 members (excludes halogenated alkanes) is 1. The molecule has 130 valence electrons. The number of hydrogen-bond donors (Lipinski definition) is 4. The number of benzene rings is 1. The van der Waals surface area contributed by atoms with Gasteiger partial charge < -0.3 is 21.1 Å². The molecule has 0 radical (unpaired) electrons. The number of amides is 3. The number of hydrogen-bond acceptors (Lipinski definition) is 4. The van der Waals surface area contributed by atoms with Crippen molar-refractivity contribution in [3.63, 3.8) is 0 Å². The topological polar surface area (TPSA) is 90.5 Å². The Morgan fingerprint density at radius 3 is 3.04 bits per heavy atom. The summed E-state index contributed by atoms with van der Waals surface area (Å²) in [6.07, 6.45) is 3.18. The molecule has 2 aliphatic rings. The van der Waals surface area contributed by atoms with Crippen LogP contribution in [0.2, 0.25) is 0 Å². The smallest absolute Gasteiger partial charge is 0.315 e. The Kier molecular flexibility index (Phi) is 5.18. The lowest BCUT2D eigenvalue weighted by Crippen LogP contribution is -2.36. The zero-order chi connectivity index (χ0) is 17.1. The number of carbonyl (C=O) groups is 2. The van der Waals surface area contributed by atoms with Gasteiger partial charge in [-0.05, 0) is 31.4 Å². The van der Waals surface area contributed by atoms with Gasteiger partial charge in [-0.1, -0.05) is 18.6 Å². The number of carbonyl (C=O) groups excluding carboxylic acids is 2. The number of rotatable bonds is 6. The van der Waals surface area contributed by atoms with E-state index in [1.54, 1.807) is 19.1 Å². The van der Waals surface area contributed by atoms with Gasteiger partial charge in [-0.15, -0.1) is 0 Å². The molecule has 2 aliphatic heterocycles. The lowest BCUT2D eigenvalue weighted by molar-refractivity contribution is -0.116. The first kappa shape index (κ1) is 17.0. The first-order chi connectivity index (χ1) is 11.5. The van der Waals surface area contributed by atoms with Crippen molar-refractivity contribution in [1.82, 2.24) is 10.6 Å². The second-order valence-electron chi connectivity index (χ2n) is 6.39. The number of nitrogens with one attached hydrogen (secondary N) is 3. The van der Waals surface area contributed by atoms with Crippen molar-refractivity contribution in [1.29, 1.82) is 0 Å². The Morgan fingerprint density at radius 2 is 2.21 bits per heavy atom. The van der Waals surface area contributed by atoms with Crippen molar-refractivity contribution in [2.24, 2.45) is 0 Å². The standard InChI is InChI=1S/C17H23N3O3S/c1-10-5-4-6-11(16(10)22)18-14(21)8-3-2-7-13-15-12(9-24-13)19-17(23)20-15/h4-6,12-13,15,22H,2-3,7-9H2,1H3,(H,18,21)(H2,19,20,23)/t12-,13-,15-/m0/s1. The van der Waals surface area contributed by atoms with Crippen molar-refractivity contribution in [2.45, 2.75) is 49.9 Å². The van der Waals surface area contributed by atoms with Gasteiger partial charge in [-0.25, -0.2) is 4.79 Å². The van der Waals surface area contributed by atoms with E-state index in [1.165, 1.54) is 0 Å². The largest absolute Gasteiger partial charge is 0.505 e. The Labute approximate surface area is 145 Å². The third-order valence-electron chi connectivity index (χ3n) is 4.59. The number of para-hydroxylation sites is 1. The van der Waals surface area contributed by atoms with Crippen LogP contribution in [0.4, 0.5) is 10.5 Å². The van der Waals surface area contributed by atoms with E-state index in [-0.39, 0.29) is 29.8 Å². The molecule has 1 aromatic carbocycles. The summed E-state index contributed by atoms with van der Waals surface area (Å²) >= 11 is 1.89. The summed E-state index contributed by atoms with van der Waals surface area (Å²) in [6.45, 7) is 1.80. The molecule has 0 aromatic heterocycles. The van der Waals surface area contributed by atoms with E-state index in [4.69, 9.17) is 0 Å². The number of phenolic OH excluding ortho intramolecular Hbond substituents is 1. The van der Waals surface area contributed by atoms with Crippen LogP contribution in [-0.2, 0) is 4.79 Å². The van der Waals surface area contributed by atoms with Crippen LogP contribution in [0.25, 0.3) is 0 Å². The van der Waals surface area contributed by atoms with Crippen molar-refractivity contribution in [3.05, 3.63) is 23.8 Å². The third kappa shape index (κ3) is 3.77. The van der Waals surface area contributed by atoms with E-state index in [1.807, 2.05) is 17.8 Å². The third-order valence-corrected chi connectivity index (χ3v) is 6.10. The molecule has 24 heavy (non-hydrogen) atoms. The predicted octanol–water partition coefficient (Wildman–Crippen LogP) is 2.36. The minimum absolute atomic E-state index is 0.0624. The summed E-state index contributed by atoms with van der Waals surface area (Å²) < 4.78 is 0. The highest BCUT2D eigenvalue weighted by atomic mass is 32.2. The number of thioether (sulfide) groups is 1. The molecule has 0 spiro atoms. The number of fused-ring (bicyclic) bond motifs is 1. The van der Waals surface area contributed by atoms with E-state index >= 15 is 0 Å². The van der Waals surface area contributed by atoms with Crippen LogP contribution >= 0.6 is 11.8 Å². The van der Waals surface area contributed by atoms with Crippen LogP contribution in [-0.4, -0.2) is 40.1 Å². The van der Waals surface area contributed by atoms with Gasteiger partial charge in [0.15, 0.2) is 0 Å². The minimum atomic E-state index is -0.0799. The quantitative estimate of drug-likeness (QED) is 0.360. The Morgan fingerprint density at radius 1 is 1.38 bits per heavy atom. The highest BCUT2D eigenvalue weighted by molar-refractivity contribution is 8.00. The Balaban J connectivity index is 1.38. The number of aromatic hydroxyl groups is 1. The minimum Gasteiger partial charge on any atom is -0.505 e. The summed E-state index contributed by atoms with van der Waals surface area (Å²) in [6, 6.07) is 5.72. The fraction of sp³-hybridized carbons (Fsp3) is 0.529. The lowest BCUT2D eigenvalue weighted by Gasteiger charge is -2.16. The van der Waals surface area contributed by atoms with Gasteiger partial charge in [-0.2, -0.15) is 11.8 Å². The van der Waals surface area contributed by atoms with Gasteiger partial charge in [0, 0.05) is 17.4 Å². The summed E-state index contributed by atoms with van der Waals surface area (Å²) in [5, 5.41) is 19.0. The number of aryl methyl sites for hydroxylation is 1. The summed E-state index contributed by atoms with van der Waals surface area (Å²) in [5.41, 5.74) is 1.21. The number of anilines is 1. The van der Waals surface area contributed by atoms with E-state index in [0.29, 0.717) is 17.4 Å². The van der Waals surface area contributed by atoms with Crippen molar-refractivity contribution < 1.29 is 14.7 Å². The predicted molar refractivity (Wildman–Crippen MR) is 95.4 cm³/mol. The zero-order valence-corrected chi connectivity index (χ0v) is 14.5. The zero-order valence-electron chi connectivity index (χ0n) is 13.7. The van der Waals surface area contributed by atoms with E-state index in [9.17, 15) is 14.7 Å². The van der Waals surface area contributed by atoms with Crippen molar-refractivity contribution in [2.75, 3.05) is 11.1 Å². The fourth-order valence-corrected chi connectivity index (χ4v) is 4.79. The maximum Gasteiger partial charge on any atom is 0.315 e. The summed E-state index contributed by atoms with van der Waals surface area (Å²) in [5.74, 6) is 1.01. The van der Waals surface area contributed by atoms with Crippen LogP contribution in [0, 0.1) is 6.92 Å². The van der Waals surface area contributed by atoms with Gasteiger partial charge in [0.05, 0.1) is 17.8 Å². The second kappa shape index (κ2) is 7.34. The molecule has 0 saturated carbocycles. The molecule has 3 atom stereocenters. The average Bonchev–Trinajstić information content (AvgIpc) is 3.08. The van der Waals surface area contributed by atoms with E-state index in [2.05, 4.69) is 16.0 Å². The first-order valence-electron chi connectivity index (χ1n) is 8.31. The average molecular weight is 349 g/mol. The highest BCUT2D eigenvalue weighted by Gasteiger charge is 2.42. The molecule has 7 heteroatoms. The SMILES string of the molecule is Cc1cccc(NC(=O)CCCC[C@@H]2SC[C@@H]3NC(=O)N[C@@H]32)c1O. The van der Waals surface area contributed by atoms with Gasteiger partial charge >= 0.3 is 6.03 Å². The fourth-order valence-electron chi connectivity index (χ4n) is 3.25. The maximum atomic E-state index is 12.0. The molecule has 6 nitrogen and oxygen atoms in total. The van der Waals surface area contributed by atoms with Gasteiger partial charge in [0.25, 0.3) is 0 Å². The Hall–Kier alpha value is -1.89. The molecule has 0 unspecified atom stereocenters. The van der Waals surface area contributed by atoms with Crippen LogP contribution in [0.5, 0.6) is 5.75 Å². The lowest BCUT2D eigenvalue weighted by atomic mass is 10.0.